The van der Waals surface area contributed by atoms with Crippen LogP contribution in [0.15, 0.2) is 42.6 Å². The molecule has 0 aliphatic rings. The van der Waals surface area contributed by atoms with E-state index in [9.17, 15) is 13.2 Å². The predicted octanol–water partition coefficient (Wildman–Crippen LogP) is 3.00. The van der Waals surface area contributed by atoms with Crippen molar-refractivity contribution >= 4 is 11.6 Å². The van der Waals surface area contributed by atoms with Crippen molar-refractivity contribution in [2.24, 2.45) is 0 Å². The molecule has 1 aromatic carbocycles. The van der Waals surface area contributed by atoms with Gasteiger partial charge in [-0.05, 0) is 23.8 Å². The first-order chi connectivity index (χ1) is 9.45. The Bertz CT molecular complexity index is 777. The molecule has 4 nitrogen and oxygen atoms in total. The summed E-state index contributed by atoms with van der Waals surface area (Å²) in [4.78, 5) is 3.93. The van der Waals surface area contributed by atoms with Crippen molar-refractivity contribution in [1.29, 1.82) is 0 Å². The van der Waals surface area contributed by atoms with Crippen molar-refractivity contribution in [3.63, 3.8) is 0 Å². The largest absolute Gasteiger partial charge is 0.417 e. The van der Waals surface area contributed by atoms with Gasteiger partial charge in [0, 0.05) is 11.8 Å². The number of nitrogen functional groups attached to an aromatic ring is 1. The fourth-order valence-electron chi connectivity index (χ4n) is 2.04. The molecule has 2 N–H and O–H groups in total. The number of nitrogens with two attached hydrogens (primary N) is 1. The third-order valence-corrected chi connectivity index (χ3v) is 2.89. The minimum Gasteiger partial charge on any atom is -0.366 e. The number of anilines is 1. The molecule has 20 heavy (non-hydrogen) atoms. The lowest BCUT2D eigenvalue weighted by Gasteiger charge is -2.12. The molecule has 3 aromatic rings. The van der Waals surface area contributed by atoms with Crippen LogP contribution in [0.5, 0.6) is 0 Å². The van der Waals surface area contributed by atoms with Gasteiger partial charge in [0.2, 0.25) is 5.95 Å². The van der Waals surface area contributed by atoms with E-state index in [4.69, 9.17) is 5.73 Å². The van der Waals surface area contributed by atoms with Crippen LogP contribution in [0, 0.1) is 0 Å². The van der Waals surface area contributed by atoms with E-state index >= 15 is 0 Å². The molecule has 0 fully saturated rings. The summed E-state index contributed by atoms with van der Waals surface area (Å²) in [7, 11) is 0. The molecular formula is C13H9F3N4. The van der Waals surface area contributed by atoms with Gasteiger partial charge in [0.15, 0.2) is 5.65 Å². The van der Waals surface area contributed by atoms with Gasteiger partial charge in [0.1, 0.15) is 0 Å². The van der Waals surface area contributed by atoms with Gasteiger partial charge < -0.3 is 5.73 Å². The standard InChI is InChI=1S/C13H9F3N4/c14-13(15,16)10-4-2-1-3-9(10)8-5-6-11-18-12(17)19-20(11)7-8/h1-7H,(H2,17,19). The van der Waals surface area contributed by atoms with Crippen molar-refractivity contribution in [1.82, 2.24) is 14.6 Å². The van der Waals surface area contributed by atoms with Crippen LogP contribution in [-0.4, -0.2) is 14.6 Å². The first kappa shape index (κ1) is 12.5. The first-order valence-corrected chi connectivity index (χ1v) is 5.73. The van der Waals surface area contributed by atoms with E-state index < -0.39 is 11.7 Å². The number of nitrogens with zero attached hydrogens (tertiary/aromatic N) is 3. The van der Waals surface area contributed by atoms with Gasteiger partial charge in [-0.1, -0.05) is 18.2 Å². The molecule has 102 valence electrons. The average Bonchev–Trinajstić information content (AvgIpc) is 2.76. The fourth-order valence-corrected chi connectivity index (χ4v) is 2.04. The first-order valence-electron chi connectivity index (χ1n) is 5.73. The molecule has 2 heterocycles. The molecule has 0 saturated heterocycles. The van der Waals surface area contributed by atoms with E-state index in [2.05, 4.69) is 10.1 Å². The molecule has 0 bridgehead atoms. The summed E-state index contributed by atoms with van der Waals surface area (Å²) in [6.07, 6.45) is -2.93. The second-order valence-corrected chi connectivity index (χ2v) is 4.23. The molecule has 0 aliphatic heterocycles. The van der Waals surface area contributed by atoms with E-state index in [-0.39, 0.29) is 11.5 Å². The second kappa shape index (κ2) is 4.22. The highest BCUT2D eigenvalue weighted by atomic mass is 19.4. The summed E-state index contributed by atoms with van der Waals surface area (Å²) in [5, 5.41) is 3.89. The van der Waals surface area contributed by atoms with Crippen molar-refractivity contribution in [2.75, 3.05) is 5.73 Å². The van der Waals surface area contributed by atoms with Gasteiger partial charge in [0.05, 0.1) is 5.56 Å². The minimum absolute atomic E-state index is 0.0752. The third-order valence-electron chi connectivity index (χ3n) is 2.89. The highest BCUT2D eigenvalue weighted by molar-refractivity contribution is 5.68. The van der Waals surface area contributed by atoms with E-state index in [1.54, 1.807) is 18.2 Å². The van der Waals surface area contributed by atoms with Crippen LogP contribution >= 0.6 is 0 Å². The van der Waals surface area contributed by atoms with Crippen LogP contribution in [0.4, 0.5) is 19.1 Å². The SMILES string of the molecule is Nc1nc2ccc(-c3ccccc3C(F)(F)F)cn2n1. The smallest absolute Gasteiger partial charge is 0.366 e. The van der Waals surface area contributed by atoms with Crippen molar-refractivity contribution in [3.05, 3.63) is 48.2 Å². The minimum atomic E-state index is -4.41. The summed E-state index contributed by atoms with van der Waals surface area (Å²) < 4.78 is 40.4. The quantitative estimate of drug-likeness (QED) is 0.744. The molecule has 0 atom stereocenters. The lowest BCUT2D eigenvalue weighted by atomic mass is 10.0. The maximum atomic E-state index is 13.0. The number of halogens is 3. The van der Waals surface area contributed by atoms with Crippen molar-refractivity contribution < 1.29 is 13.2 Å². The number of hydrogen-bond donors (Lipinski definition) is 1. The number of fused-ring (bicyclic) bond motifs is 1. The lowest BCUT2D eigenvalue weighted by Crippen LogP contribution is -2.07. The molecule has 0 radical (unpaired) electrons. The van der Waals surface area contributed by atoms with E-state index in [1.807, 2.05) is 0 Å². The molecule has 0 saturated carbocycles. The highest BCUT2D eigenvalue weighted by Gasteiger charge is 2.33. The molecule has 3 rings (SSSR count). The Hall–Kier alpha value is -2.57. The Labute approximate surface area is 111 Å². The lowest BCUT2D eigenvalue weighted by molar-refractivity contribution is -0.137. The maximum Gasteiger partial charge on any atom is 0.417 e. The van der Waals surface area contributed by atoms with Crippen LogP contribution in [0.3, 0.4) is 0 Å². The van der Waals surface area contributed by atoms with Gasteiger partial charge in [0.25, 0.3) is 0 Å². The number of benzene rings is 1. The summed E-state index contributed by atoms with van der Waals surface area (Å²) in [6, 6.07) is 8.53. The third kappa shape index (κ3) is 2.07. The van der Waals surface area contributed by atoms with Crippen LogP contribution in [0.1, 0.15) is 5.56 Å². The van der Waals surface area contributed by atoms with Gasteiger partial charge in [-0.3, -0.25) is 0 Å². The van der Waals surface area contributed by atoms with Crippen LogP contribution in [0.2, 0.25) is 0 Å². The molecule has 2 aromatic heterocycles. The molecule has 0 aliphatic carbocycles. The molecule has 0 spiro atoms. The van der Waals surface area contributed by atoms with Crippen LogP contribution in [-0.2, 0) is 6.18 Å². The Morgan fingerprint density at radius 3 is 2.55 bits per heavy atom. The molecule has 0 unspecified atom stereocenters. The Kier molecular flexibility index (Phi) is 2.63. The zero-order valence-electron chi connectivity index (χ0n) is 10.1. The number of aromatic nitrogens is 3. The summed E-state index contributed by atoms with van der Waals surface area (Å²) in [5.41, 5.74) is 5.74. The van der Waals surface area contributed by atoms with Crippen molar-refractivity contribution in [3.8, 4) is 11.1 Å². The fraction of sp³-hybridized carbons (Fsp3) is 0.0769. The van der Waals surface area contributed by atoms with Gasteiger partial charge in [-0.15, -0.1) is 5.10 Å². The van der Waals surface area contributed by atoms with Gasteiger partial charge in [-0.25, -0.2) is 4.52 Å². The molecule has 0 amide bonds. The average molecular weight is 278 g/mol. The highest BCUT2D eigenvalue weighted by Crippen LogP contribution is 2.36. The zero-order valence-corrected chi connectivity index (χ0v) is 10.1. The summed E-state index contributed by atoms with van der Waals surface area (Å²) in [5.74, 6) is 0.0752. The predicted molar refractivity (Wildman–Crippen MR) is 67.8 cm³/mol. The summed E-state index contributed by atoms with van der Waals surface area (Å²) in [6.45, 7) is 0. The number of hydrogen-bond acceptors (Lipinski definition) is 3. The topological polar surface area (TPSA) is 56.2 Å². The van der Waals surface area contributed by atoms with Crippen molar-refractivity contribution in [2.45, 2.75) is 6.18 Å². The van der Waals surface area contributed by atoms with E-state index in [1.165, 1.54) is 22.8 Å². The van der Waals surface area contributed by atoms with E-state index in [0.717, 1.165) is 6.07 Å². The number of pyridine rings is 1. The Morgan fingerprint density at radius 1 is 1.05 bits per heavy atom. The number of alkyl halides is 3. The Balaban J connectivity index is 2.20. The number of rotatable bonds is 1. The summed E-state index contributed by atoms with van der Waals surface area (Å²) >= 11 is 0. The second-order valence-electron chi connectivity index (χ2n) is 4.23. The normalized spacial score (nSPS) is 11.9. The maximum absolute atomic E-state index is 13.0. The molecular weight excluding hydrogens is 269 g/mol. The van der Waals surface area contributed by atoms with Gasteiger partial charge >= 0.3 is 6.18 Å². The monoisotopic (exact) mass is 278 g/mol. The van der Waals surface area contributed by atoms with Crippen LogP contribution < -0.4 is 5.73 Å². The Morgan fingerprint density at radius 2 is 1.80 bits per heavy atom. The van der Waals surface area contributed by atoms with Gasteiger partial charge in [-0.2, -0.15) is 18.2 Å². The zero-order chi connectivity index (χ0) is 14.3. The molecule has 7 heteroatoms. The van der Waals surface area contributed by atoms with E-state index in [0.29, 0.717) is 11.2 Å². The van der Waals surface area contributed by atoms with Crippen LogP contribution in [0.25, 0.3) is 16.8 Å².